The summed E-state index contributed by atoms with van der Waals surface area (Å²) >= 11 is 1.25. The summed E-state index contributed by atoms with van der Waals surface area (Å²) in [5.74, 6) is 1.44. The molecule has 1 N–H and O–H groups in total. The molecule has 0 radical (unpaired) electrons. The number of nitrogens with zero attached hydrogens (tertiary/aromatic N) is 2. The van der Waals surface area contributed by atoms with Crippen LogP contribution in [0.5, 0.6) is 5.75 Å². The van der Waals surface area contributed by atoms with E-state index in [1.807, 2.05) is 36.4 Å². The summed E-state index contributed by atoms with van der Waals surface area (Å²) in [5, 5.41) is 13.7. The number of ether oxygens (including phenoxy) is 1. The molecule has 28 heavy (non-hydrogen) atoms. The summed E-state index contributed by atoms with van der Waals surface area (Å²) in [4.78, 5) is 12.1. The third-order valence-electron chi connectivity index (χ3n) is 4.83. The van der Waals surface area contributed by atoms with E-state index in [9.17, 15) is 4.79 Å². The summed E-state index contributed by atoms with van der Waals surface area (Å²) in [6.45, 7) is 0.195. The van der Waals surface area contributed by atoms with Gasteiger partial charge in [-0.25, -0.2) is 0 Å². The minimum absolute atomic E-state index is 0.0177. The number of thioether (sulfide) groups is 1. The molecular weight excluding hydrogens is 374 g/mol. The smallest absolute Gasteiger partial charge is 0.277 e. The van der Waals surface area contributed by atoms with Crippen LogP contribution in [0.1, 0.15) is 38.0 Å². The third-order valence-corrected chi connectivity index (χ3v) is 5.65. The molecule has 6 nitrogen and oxygen atoms in total. The summed E-state index contributed by atoms with van der Waals surface area (Å²) in [7, 11) is 0. The molecule has 4 rings (SSSR count). The first kappa shape index (κ1) is 18.8. The molecule has 0 unspecified atom stereocenters. The van der Waals surface area contributed by atoms with Gasteiger partial charge >= 0.3 is 0 Å². The highest BCUT2D eigenvalue weighted by Gasteiger charge is 2.16. The molecule has 0 aliphatic heterocycles. The average Bonchev–Trinajstić information content (AvgIpc) is 3.19. The van der Waals surface area contributed by atoms with Gasteiger partial charge in [0.1, 0.15) is 5.75 Å². The van der Waals surface area contributed by atoms with Crippen LogP contribution in [0.2, 0.25) is 0 Å². The SMILES string of the molecule is O=C(CSc1nnc(COc2ccc3ccccc3c2)o1)NC1CCCCC1. The van der Waals surface area contributed by atoms with Crippen molar-refractivity contribution in [3.8, 4) is 5.75 Å². The van der Waals surface area contributed by atoms with Crippen LogP contribution in [-0.4, -0.2) is 27.9 Å². The fourth-order valence-corrected chi connectivity index (χ4v) is 3.99. The maximum Gasteiger partial charge on any atom is 0.277 e. The Balaban J connectivity index is 1.25. The summed E-state index contributed by atoms with van der Waals surface area (Å²) in [6, 6.07) is 14.3. The van der Waals surface area contributed by atoms with Gasteiger partial charge in [0.15, 0.2) is 6.61 Å². The Morgan fingerprint density at radius 2 is 1.93 bits per heavy atom. The van der Waals surface area contributed by atoms with E-state index in [4.69, 9.17) is 9.15 Å². The standard InChI is InChI=1S/C21H23N3O3S/c25-19(22-17-8-2-1-3-9-17)14-28-21-24-23-20(27-21)13-26-18-11-10-15-6-4-5-7-16(15)12-18/h4-7,10-12,17H,1-3,8-9,13-14H2,(H,22,25). The number of benzene rings is 2. The van der Waals surface area contributed by atoms with Gasteiger partial charge in [-0.2, -0.15) is 0 Å². The molecule has 1 fully saturated rings. The first-order valence-electron chi connectivity index (χ1n) is 9.62. The number of aromatic nitrogens is 2. The maximum absolute atomic E-state index is 12.1. The molecule has 0 saturated heterocycles. The maximum atomic E-state index is 12.1. The first-order valence-corrected chi connectivity index (χ1v) is 10.6. The molecule has 7 heteroatoms. The molecule has 0 spiro atoms. The predicted molar refractivity (Wildman–Crippen MR) is 108 cm³/mol. The predicted octanol–water partition coefficient (Wildman–Crippen LogP) is 4.34. The minimum Gasteiger partial charge on any atom is -0.484 e. The topological polar surface area (TPSA) is 77.2 Å². The Hall–Kier alpha value is -2.54. The molecule has 1 aliphatic carbocycles. The molecule has 2 aromatic carbocycles. The van der Waals surface area contributed by atoms with Crippen LogP contribution in [0.3, 0.4) is 0 Å². The molecule has 1 aromatic heterocycles. The average molecular weight is 398 g/mol. The van der Waals surface area contributed by atoms with E-state index in [2.05, 4.69) is 21.6 Å². The summed E-state index contributed by atoms with van der Waals surface area (Å²) < 4.78 is 11.3. The highest BCUT2D eigenvalue weighted by molar-refractivity contribution is 7.99. The fraction of sp³-hybridized carbons (Fsp3) is 0.381. The molecule has 0 atom stereocenters. The van der Waals surface area contributed by atoms with E-state index in [-0.39, 0.29) is 18.3 Å². The lowest BCUT2D eigenvalue weighted by atomic mass is 9.95. The zero-order chi connectivity index (χ0) is 19.2. The van der Waals surface area contributed by atoms with Gasteiger partial charge in [0.2, 0.25) is 5.91 Å². The van der Waals surface area contributed by atoms with E-state index in [0.29, 0.717) is 17.2 Å². The molecule has 1 amide bonds. The van der Waals surface area contributed by atoms with Crippen molar-refractivity contribution in [3.05, 3.63) is 48.4 Å². The van der Waals surface area contributed by atoms with Crippen LogP contribution in [0, 0.1) is 0 Å². The van der Waals surface area contributed by atoms with Gasteiger partial charge in [-0.3, -0.25) is 4.79 Å². The van der Waals surface area contributed by atoms with Crippen molar-refractivity contribution in [2.75, 3.05) is 5.75 Å². The van der Waals surface area contributed by atoms with E-state index < -0.39 is 0 Å². The molecule has 0 bridgehead atoms. The zero-order valence-electron chi connectivity index (χ0n) is 15.6. The van der Waals surface area contributed by atoms with Gasteiger partial charge in [0.25, 0.3) is 11.1 Å². The Morgan fingerprint density at radius 1 is 1.11 bits per heavy atom. The van der Waals surface area contributed by atoms with Gasteiger partial charge < -0.3 is 14.5 Å². The third kappa shape index (κ3) is 5.04. The van der Waals surface area contributed by atoms with Crippen molar-refractivity contribution in [2.45, 2.75) is 50.0 Å². The highest BCUT2D eigenvalue weighted by atomic mass is 32.2. The van der Waals surface area contributed by atoms with Crippen LogP contribution >= 0.6 is 11.8 Å². The van der Waals surface area contributed by atoms with Crippen LogP contribution in [0.15, 0.2) is 52.1 Å². The second kappa shape index (κ2) is 9.10. The van der Waals surface area contributed by atoms with Crippen molar-refractivity contribution in [1.82, 2.24) is 15.5 Å². The lowest BCUT2D eigenvalue weighted by molar-refractivity contribution is -0.119. The number of carbonyl (C=O) groups is 1. The van der Waals surface area contributed by atoms with Crippen LogP contribution in [-0.2, 0) is 11.4 Å². The number of rotatable bonds is 7. The highest BCUT2D eigenvalue weighted by Crippen LogP contribution is 2.22. The van der Waals surface area contributed by atoms with Crippen molar-refractivity contribution in [3.63, 3.8) is 0 Å². The monoisotopic (exact) mass is 397 g/mol. The second-order valence-electron chi connectivity index (χ2n) is 6.95. The normalized spacial score (nSPS) is 14.9. The number of carbonyl (C=O) groups excluding carboxylic acids is 1. The molecule has 3 aromatic rings. The lowest BCUT2D eigenvalue weighted by Gasteiger charge is -2.22. The Labute approximate surface area is 168 Å². The van der Waals surface area contributed by atoms with E-state index in [1.165, 1.54) is 31.0 Å². The van der Waals surface area contributed by atoms with Crippen molar-refractivity contribution < 1.29 is 13.9 Å². The summed E-state index contributed by atoms with van der Waals surface area (Å²) in [6.07, 6.45) is 5.82. The molecule has 146 valence electrons. The zero-order valence-corrected chi connectivity index (χ0v) is 16.4. The van der Waals surface area contributed by atoms with Crippen LogP contribution in [0.4, 0.5) is 0 Å². The van der Waals surface area contributed by atoms with Crippen molar-refractivity contribution in [2.24, 2.45) is 0 Å². The number of hydrogen-bond donors (Lipinski definition) is 1. The Bertz CT molecular complexity index is 937. The van der Waals surface area contributed by atoms with Crippen molar-refractivity contribution >= 4 is 28.4 Å². The number of nitrogens with one attached hydrogen (secondary N) is 1. The lowest BCUT2D eigenvalue weighted by Crippen LogP contribution is -2.37. The number of fused-ring (bicyclic) bond motifs is 1. The minimum atomic E-state index is 0.0177. The first-order chi connectivity index (χ1) is 13.8. The molecule has 1 saturated carbocycles. The van der Waals surface area contributed by atoms with Gasteiger partial charge in [0.05, 0.1) is 5.75 Å². The van der Waals surface area contributed by atoms with Gasteiger partial charge in [0, 0.05) is 6.04 Å². The van der Waals surface area contributed by atoms with Crippen molar-refractivity contribution in [1.29, 1.82) is 0 Å². The van der Waals surface area contributed by atoms with Gasteiger partial charge in [-0.15, -0.1) is 10.2 Å². The molecule has 1 heterocycles. The fourth-order valence-electron chi connectivity index (χ4n) is 3.40. The molecular formula is C21H23N3O3S. The quantitative estimate of drug-likeness (QED) is 0.598. The number of amides is 1. The van der Waals surface area contributed by atoms with E-state index in [1.54, 1.807) is 0 Å². The Kier molecular flexibility index (Phi) is 6.11. The Morgan fingerprint density at radius 3 is 2.79 bits per heavy atom. The summed E-state index contributed by atoms with van der Waals surface area (Å²) in [5.41, 5.74) is 0. The van der Waals surface area contributed by atoms with Crippen LogP contribution < -0.4 is 10.1 Å². The van der Waals surface area contributed by atoms with E-state index in [0.717, 1.165) is 29.4 Å². The van der Waals surface area contributed by atoms with Gasteiger partial charge in [-0.1, -0.05) is 61.4 Å². The van der Waals surface area contributed by atoms with Gasteiger partial charge in [-0.05, 0) is 35.7 Å². The van der Waals surface area contributed by atoms with Crippen LogP contribution in [0.25, 0.3) is 10.8 Å². The van der Waals surface area contributed by atoms with E-state index >= 15 is 0 Å². The molecule has 1 aliphatic rings. The number of hydrogen-bond acceptors (Lipinski definition) is 6. The second-order valence-corrected chi connectivity index (χ2v) is 7.88. The largest absolute Gasteiger partial charge is 0.484 e.